The molecule has 1 aromatic rings. The van der Waals surface area contributed by atoms with Crippen LogP contribution in [0.4, 0.5) is 0 Å². The molecule has 1 aliphatic heterocycles. The highest BCUT2D eigenvalue weighted by Crippen LogP contribution is 2.22. The molecule has 6 heteroatoms. The highest BCUT2D eigenvalue weighted by molar-refractivity contribution is 5.96. The molecule has 0 saturated carbocycles. The summed E-state index contributed by atoms with van der Waals surface area (Å²) in [5.74, 6) is 0.900. The molecule has 0 aliphatic carbocycles. The first-order chi connectivity index (χ1) is 9.53. The van der Waals surface area contributed by atoms with Crippen LogP contribution in [-0.2, 0) is 4.79 Å². The molecule has 1 unspecified atom stereocenters. The average Bonchev–Trinajstić information content (AvgIpc) is 2.76. The zero-order chi connectivity index (χ0) is 14.7. The summed E-state index contributed by atoms with van der Waals surface area (Å²) in [7, 11) is 4.78. The minimum atomic E-state index is -0.240. The van der Waals surface area contributed by atoms with Crippen molar-refractivity contribution in [1.29, 1.82) is 0 Å². The molecule has 20 heavy (non-hydrogen) atoms. The number of methoxy groups -OCH3 is 2. The van der Waals surface area contributed by atoms with Gasteiger partial charge in [-0.15, -0.1) is 0 Å². The third-order valence-electron chi connectivity index (χ3n) is 3.29. The van der Waals surface area contributed by atoms with E-state index in [0.717, 1.165) is 0 Å². The number of rotatable bonds is 4. The molecule has 0 spiro atoms. The minimum Gasteiger partial charge on any atom is -0.497 e. The van der Waals surface area contributed by atoms with Crippen LogP contribution in [0.5, 0.6) is 11.5 Å². The van der Waals surface area contributed by atoms with Crippen molar-refractivity contribution in [3.63, 3.8) is 0 Å². The second-order valence-electron chi connectivity index (χ2n) is 4.75. The first-order valence-electron chi connectivity index (χ1n) is 6.31. The van der Waals surface area contributed by atoms with Crippen LogP contribution in [0.15, 0.2) is 18.2 Å². The zero-order valence-corrected chi connectivity index (χ0v) is 11.8. The van der Waals surface area contributed by atoms with Crippen LogP contribution in [0.2, 0.25) is 0 Å². The highest BCUT2D eigenvalue weighted by atomic mass is 16.5. The lowest BCUT2D eigenvalue weighted by Gasteiger charge is -2.13. The van der Waals surface area contributed by atoms with Crippen molar-refractivity contribution in [3.8, 4) is 11.5 Å². The average molecular weight is 278 g/mol. The van der Waals surface area contributed by atoms with Crippen LogP contribution in [0.25, 0.3) is 0 Å². The number of likely N-dealkylation sites (tertiary alicyclic amines) is 1. The van der Waals surface area contributed by atoms with Gasteiger partial charge in [0.15, 0.2) is 0 Å². The van der Waals surface area contributed by atoms with Gasteiger partial charge < -0.3 is 19.7 Å². The maximum absolute atomic E-state index is 12.2. The van der Waals surface area contributed by atoms with Crippen LogP contribution in [0, 0.1) is 0 Å². The number of nitrogens with zero attached hydrogens (tertiary/aromatic N) is 1. The second kappa shape index (κ2) is 5.81. The van der Waals surface area contributed by atoms with Crippen LogP contribution in [-0.4, -0.2) is 50.6 Å². The topological polar surface area (TPSA) is 67.9 Å². The first kappa shape index (κ1) is 14.2. The quantitative estimate of drug-likeness (QED) is 0.878. The van der Waals surface area contributed by atoms with Crippen molar-refractivity contribution in [3.05, 3.63) is 23.8 Å². The fourth-order valence-corrected chi connectivity index (χ4v) is 2.17. The van der Waals surface area contributed by atoms with E-state index < -0.39 is 0 Å². The molecule has 1 saturated heterocycles. The van der Waals surface area contributed by atoms with Gasteiger partial charge in [-0.1, -0.05) is 0 Å². The Kier molecular flexibility index (Phi) is 4.12. The van der Waals surface area contributed by atoms with Crippen molar-refractivity contribution in [2.24, 2.45) is 0 Å². The Morgan fingerprint density at radius 2 is 1.85 bits per heavy atom. The van der Waals surface area contributed by atoms with Gasteiger partial charge >= 0.3 is 0 Å². The molecule has 1 aliphatic rings. The predicted octanol–water partition coefficient (Wildman–Crippen LogP) is 0.664. The fraction of sp³-hybridized carbons (Fsp3) is 0.429. The summed E-state index contributed by atoms with van der Waals surface area (Å²) < 4.78 is 10.3. The predicted molar refractivity (Wildman–Crippen MR) is 73.1 cm³/mol. The van der Waals surface area contributed by atoms with Crippen LogP contribution in [0.3, 0.4) is 0 Å². The maximum Gasteiger partial charge on any atom is 0.251 e. The first-order valence-corrected chi connectivity index (χ1v) is 6.31. The van der Waals surface area contributed by atoms with Gasteiger partial charge in [0.1, 0.15) is 11.5 Å². The fourth-order valence-electron chi connectivity index (χ4n) is 2.17. The van der Waals surface area contributed by atoms with Crippen LogP contribution < -0.4 is 14.8 Å². The molecule has 1 atom stereocenters. The van der Waals surface area contributed by atoms with Gasteiger partial charge in [0, 0.05) is 31.6 Å². The third kappa shape index (κ3) is 3.01. The van der Waals surface area contributed by atoms with E-state index in [0.29, 0.717) is 30.0 Å². The van der Waals surface area contributed by atoms with Crippen molar-refractivity contribution < 1.29 is 19.1 Å². The summed E-state index contributed by atoms with van der Waals surface area (Å²) in [4.78, 5) is 25.2. The van der Waals surface area contributed by atoms with Gasteiger partial charge in [0.25, 0.3) is 5.91 Å². The summed E-state index contributed by atoms with van der Waals surface area (Å²) in [6.45, 7) is 0.533. The summed E-state index contributed by atoms with van der Waals surface area (Å²) in [5, 5.41) is 2.85. The Balaban J connectivity index is 2.11. The van der Waals surface area contributed by atoms with Gasteiger partial charge in [0.05, 0.1) is 20.3 Å². The summed E-state index contributed by atoms with van der Waals surface area (Å²) in [5.41, 5.74) is 0.447. The molecular formula is C14H18N2O4. The molecule has 1 N–H and O–H groups in total. The number of amides is 2. The van der Waals surface area contributed by atoms with E-state index in [-0.39, 0.29) is 17.9 Å². The molecule has 1 aromatic carbocycles. The molecule has 1 fully saturated rings. The molecule has 6 nitrogen and oxygen atoms in total. The van der Waals surface area contributed by atoms with Crippen LogP contribution >= 0.6 is 0 Å². The standard InChI is InChI=1S/C14H18N2O4/c1-16-8-10(6-13(16)17)15-14(18)9-4-11(19-2)7-12(5-9)20-3/h4-5,7,10H,6,8H2,1-3H3,(H,15,18). The van der Waals surface area contributed by atoms with Gasteiger partial charge in [-0.25, -0.2) is 0 Å². The molecule has 2 amide bonds. The number of hydrogen-bond donors (Lipinski definition) is 1. The van der Waals surface area contributed by atoms with Gasteiger partial charge in [0.2, 0.25) is 5.91 Å². The number of likely N-dealkylation sites (N-methyl/N-ethyl adjacent to an activating group) is 1. The number of nitrogens with one attached hydrogen (secondary N) is 1. The summed E-state index contributed by atoms with van der Waals surface area (Å²) in [6.07, 6.45) is 0.337. The monoisotopic (exact) mass is 278 g/mol. The molecule has 108 valence electrons. The number of hydrogen-bond acceptors (Lipinski definition) is 4. The van der Waals surface area contributed by atoms with E-state index in [9.17, 15) is 9.59 Å². The van der Waals surface area contributed by atoms with E-state index in [1.54, 1.807) is 30.1 Å². The number of benzene rings is 1. The number of ether oxygens (including phenoxy) is 2. The molecule has 2 rings (SSSR count). The molecule has 1 heterocycles. The normalized spacial score (nSPS) is 18.1. The lowest BCUT2D eigenvalue weighted by Crippen LogP contribution is -2.36. The van der Waals surface area contributed by atoms with Crippen molar-refractivity contribution >= 4 is 11.8 Å². The lowest BCUT2D eigenvalue weighted by molar-refractivity contribution is -0.126. The number of carbonyl (C=O) groups excluding carboxylic acids is 2. The van der Waals surface area contributed by atoms with Crippen LogP contribution in [0.1, 0.15) is 16.8 Å². The smallest absolute Gasteiger partial charge is 0.251 e. The highest BCUT2D eigenvalue weighted by Gasteiger charge is 2.28. The summed E-state index contributed by atoms with van der Waals surface area (Å²) >= 11 is 0. The minimum absolute atomic E-state index is 0.0403. The molecule has 0 bridgehead atoms. The molecular weight excluding hydrogens is 260 g/mol. The Labute approximate surface area is 117 Å². The van der Waals surface area contributed by atoms with E-state index in [1.165, 1.54) is 14.2 Å². The van der Waals surface area contributed by atoms with E-state index in [2.05, 4.69) is 5.32 Å². The molecule has 0 aromatic heterocycles. The van der Waals surface area contributed by atoms with Gasteiger partial charge in [-0.3, -0.25) is 9.59 Å². The van der Waals surface area contributed by atoms with Crippen molar-refractivity contribution in [1.82, 2.24) is 10.2 Å². The third-order valence-corrected chi connectivity index (χ3v) is 3.29. The van der Waals surface area contributed by atoms with E-state index in [4.69, 9.17) is 9.47 Å². The Hall–Kier alpha value is -2.24. The van der Waals surface area contributed by atoms with E-state index >= 15 is 0 Å². The summed E-state index contributed by atoms with van der Waals surface area (Å²) in [6, 6.07) is 4.82. The lowest BCUT2D eigenvalue weighted by atomic mass is 10.1. The van der Waals surface area contributed by atoms with Crippen molar-refractivity contribution in [2.75, 3.05) is 27.8 Å². The Morgan fingerprint density at radius 3 is 2.30 bits per heavy atom. The largest absolute Gasteiger partial charge is 0.497 e. The number of carbonyl (C=O) groups is 2. The maximum atomic E-state index is 12.2. The van der Waals surface area contributed by atoms with Gasteiger partial charge in [-0.05, 0) is 12.1 Å². The van der Waals surface area contributed by atoms with Gasteiger partial charge in [-0.2, -0.15) is 0 Å². The second-order valence-corrected chi connectivity index (χ2v) is 4.75. The Bertz CT molecular complexity index is 508. The Morgan fingerprint density at radius 1 is 1.25 bits per heavy atom. The zero-order valence-electron chi connectivity index (χ0n) is 11.8. The van der Waals surface area contributed by atoms with Crippen molar-refractivity contribution in [2.45, 2.75) is 12.5 Å². The molecule has 0 radical (unpaired) electrons. The van der Waals surface area contributed by atoms with E-state index in [1.807, 2.05) is 0 Å². The SMILES string of the molecule is COc1cc(OC)cc(C(=O)NC2CC(=O)N(C)C2)c1.